The van der Waals surface area contributed by atoms with Gasteiger partial charge in [-0.1, -0.05) is 0 Å². The first kappa shape index (κ1) is 16.7. The van der Waals surface area contributed by atoms with Crippen molar-refractivity contribution in [3.8, 4) is 0 Å². The van der Waals surface area contributed by atoms with Crippen LogP contribution < -0.4 is 5.73 Å². The third-order valence-electron chi connectivity index (χ3n) is 3.67. The second kappa shape index (κ2) is 5.95. The maximum absolute atomic E-state index is 12.6. The third-order valence-corrected chi connectivity index (χ3v) is 3.67. The Morgan fingerprint density at radius 2 is 1.89 bits per heavy atom. The number of morpholine rings is 1. The van der Waals surface area contributed by atoms with E-state index in [1.165, 1.54) is 0 Å². The number of halogens is 1. The molecule has 2 aliphatic heterocycles. The first-order chi connectivity index (χ1) is 8.32. The van der Waals surface area contributed by atoms with Gasteiger partial charge in [0.15, 0.2) is 0 Å². The molecule has 0 aromatic rings. The van der Waals surface area contributed by atoms with Crippen molar-refractivity contribution in [2.24, 2.45) is 5.73 Å². The van der Waals surface area contributed by atoms with Crippen LogP contribution in [0.15, 0.2) is 0 Å². The quantitative estimate of drug-likeness (QED) is 0.781. The summed E-state index contributed by atoms with van der Waals surface area (Å²) in [6.45, 7) is 8.40. The van der Waals surface area contributed by atoms with Gasteiger partial charge < -0.3 is 20.1 Å². The minimum absolute atomic E-state index is 0. The summed E-state index contributed by atoms with van der Waals surface area (Å²) in [5.41, 5.74) is 5.21. The lowest BCUT2D eigenvalue weighted by Gasteiger charge is -2.45. The van der Waals surface area contributed by atoms with Gasteiger partial charge in [-0.25, -0.2) is 0 Å². The summed E-state index contributed by atoms with van der Waals surface area (Å²) < 4.78 is 11.1. The minimum Gasteiger partial charge on any atom is -0.381 e. The van der Waals surface area contributed by atoms with Crippen LogP contribution in [0.4, 0.5) is 0 Å². The van der Waals surface area contributed by atoms with Gasteiger partial charge in [0.1, 0.15) is 0 Å². The number of ether oxygens (including phenoxy) is 2. The van der Waals surface area contributed by atoms with E-state index in [4.69, 9.17) is 15.2 Å². The highest BCUT2D eigenvalue weighted by atomic mass is 35.5. The molecule has 2 aliphatic rings. The fraction of sp³-hybridized carbons (Fsp3) is 0.923. The van der Waals surface area contributed by atoms with Crippen molar-refractivity contribution in [1.82, 2.24) is 4.90 Å². The summed E-state index contributed by atoms with van der Waals surface area (Å²) >= 11 is 0. The molecule has 0 saturated carbocycles. The topological polar surface area (TPSA) is 64.8 Å². The van der Waals surface area contributed by atoms with Crippen molar-refractivity contribution < 1.29 is 14.3 Å². The molecule has 2 N–H and O–H groups in total. The van der Waals surface area contributed by atoms with Crippen LogP contribution in [0.3, 0.4) is 0 Å². The van der Waals surface area contributed by atoms with Crippen molar-refractivity contribution in [3.05, 3.63) is 0 Å². The zero-order valence-corrected chi connectivity index (χ0v) is 12.8. The predicted molar refractivity (Wildman–Crippen MR) is 75.4 cm³/mol. The molecule has 0 radical (unpaired) electrons. The Kier molecular flexibility index (Phi) is 5.23. The second-order valence-electron chi connectivity index (χ2n) is 6.14. The van der Waals surface area contributed by atoms with Crippen LogP contribution in [0.25, 0.3) is 0 Å². The molecule has 1 unspecified atom stereocenters. The van der Waals surface area contributed by atoms with Crippen LogP contribution in [-0.4, -0.2) is 54.4 Å². The number of rotatable bonds is 1. The lowest BCUT2D eigenvalue weighted by Crippen LogP contribution is -2.63. The molecule has 0 bridgehead atoms. The molecule has 0 aliphatic carbocycles. The van der Waals surface area contributed by atoms with Gasteiger partial charge in [0.05, 0.1) is 17.2 Å². The number of carbonyl (C=O) groups excluding carboxylic acids is 1. The van der Waals surface area contributed by atoms with E-state index in [-0.39, 0.29) is 30.0 Å². The molecule has 1 amide bonds. The van der Waals surface area contributed by atoms with Gasteiger partial charge >= 0.3 is 0 Å². The van der Waals surface area contributed by atoms with Crippen LogP contribution >= 0.6 is 12.4 Å². The van der Waals surface area contributed by atoms with Gasteiger partial charge in [-0.15, -0.1) is 12.4 Å². The zero-order valence-electron chi connectivity index (χ0n) is 12.0. The minimum atomic E-state index is -0.745. The molecule has 2 rings (SSSR count). The Morgan fingerprint density at radius 1 is 1.32 bits per heavy atom. The van der Waals surface area contributed by atoms with E-state index < -0.39 is 5.54 Å². The molecule has 2 heterocycles. The fourth-order valence-electron chi connectivity index (χ4n) is 2.87. The van der Waals surface area contributed by atoms with Crippen molar-refractivity contribution in [3.63, 3.8) is 0 Å². The standard InChI is InChI=1S/C13H24N2O3.ClH/c1-10-8-15(9-12(2,3)18-10)11(16)13(14)4-6-17-7-5-13;/h10H,4-9,14H2,1-3H3;1H. The number of hydrogen-bond acceptors (Lipinski definition) is 4. The van der Waals surface area contributed by atoms with Crippen molar-refractivity contribution in [2.45, 2.75) is 50.9 Å². The lowest BCUT2D eigenvalue weighted by atomic mass is 9.88. The Morgan fingerprint density at radius 3 is 2.42 bits per heavy atom. The van der Waals surface area contributed by atoms with Gasteiger partial charge in [-0.3, -0.25) is 4.79 Å². The Bertz CT molecular complexity index is 330. The van der Waals surface area contributed by atoms with Crippen molar-refractivity contribution in [1.29, 1.82) is 0 Å². The highest BCUT2D eigenvalue weighted by Gasteiger charge is 2.42. The average molecular weight is 293 g/mol. The molecule has 1 atom stereocenters. The molecule has 2 fully saturated rings. The number of nitrogens with zero attached hydrogens (tertiary/aromatic N) is 1. The maximum atomic E-state index is 12.6. The van der Waals surface area contributed by atoms with Crippen LogP contribution in [0.2, 0.25) is 0 Å². The first-order valence-corrected chi connectivity index (χ1v) is 6.66. The number of hydrogen-bond donors (Lipinski definition) is 1. The molecule has 6 heteroatoms. The summed E-state index contributed by atoms with van der Waals surface area (Å²) in [5.74, 6) is 0.0500. The largest absolute Gasteiger partial charge is 0.381 e. The molecule has 0 spiro atoms. The van der Waals surface area contributed by atoms with E-state index in [0.29, 0.717) is 39.1 Å². The molecular weight excluding hydrogens is 268 g/mol. The van der Waals surface area contributed by atoms with Crippen molar-refractivity contribution >= 4 is 18.3 Å². The summed E-state index contributed by atoms with van der Waals surface area (Å²) in [4.78, 5) is 14.5. The first-order valence-electron chi connectivity index (χ1n) is 6.66. The Labute approximate surface area is 121 Å². The van der Waals surface area contributed by atoms with E-state index in [0.717, 1.165) is 0 Å². The molecule has 5 nitrogen and oxygen atoms in total. The second-order valence-corrected chi connectivity index (χ2v) is 6.14. The molecule has 0 aromatic carbocycles. The maximum Gasteiger partial charge on any atom is 0.243 e. The monoisotopic (exact) mass is 292 g/mol. The van der Waals surface area contributed by atoms with E-state index in [2.05, 4.69) is 0 Å². The molecular formula is C13H25ClN2O3. The summed E-state index contributed by atoms with van der Waals surface area (Å²) in [5, 5.41) is 0. The van der Waals surface area contributed by atoms with E-state index in [1.54, 1.807) is 0 Å². The van der Waals surface area contributed by atoms with E-state index >= 15 is 0 Å². The number of nitrogens with two attached hydrogens (primary N) is 1. The van der Waals surface area contributed by atoms with Gasteiger partial charge in [0.25, 0.3) is 0 Å². The average Bonchev–Trinajstić information content (AvgIpc) is 2.26. The van der Waals surface area contributed by atoms with E-state index in [1.807, 2.05) is 25.7 Å². The summed E-state index contributed by atoms with van der Waals surface area (Å²) in [7, 11) is 0. The molecule has 112 valence electrons. The van der Waals surface area contributed by atoms with Gasteiger partial charge in [0, 0.05) is 26.3 Å². The molecule has 2 saturated heterocycles. The summed E-state index contributed by atoms with van der Waals surface area (Å²) in [6, 6.07) is 0. The number of amides is 1. The SMILES string of the molecule is CC1CN(C(=O)C2(N)CCOCC2)CC(C)(C)O1.Cl. The van der Waals surface area contributed by atoms with E-state index in [9.17, 15) is 4.79 Å². The normalized spacial score (nSPS) is 29.5. The highest BCUT2D eigenvalue weighted by Crippen LogP contribution is 2.26. The smallest absolute Gasteiger partial charge is 0.243 e. The Hall–Kier alpha value is -0.360. The summed E-state index contributed by atoms with van der Waals surface area (Å²) in [6.07, 6.45) is 1.27. The third kappa shape index (κ3) is 3.81. The molecule has 0 aromatic heterocycles. The highest BCUT2D eigenvalue weighted by molar-refractivity contribution is 5.86. The Balaban J connectivity index is 0.00000180. The van der Waals surface area contributed by atoms with Crippen LogP contribution in [0.1, 0.15) is 33.6 Å². The lowest BCUT2D eigenvalue weighted by molar-refractivity contribution is -0.165. The van der Waals surface area contributed by atoms with Crippen molar-refractivity contribution in [2.75, 3.05) is 26.3 Å². The fourth-order valence-corrected chi connectivity index (χ4v) is 2.87. The van der Waals surface area contributed by atoms with Crippen LogP contribution in [0, 0.1) is 0 Å². The zero-order chi connectivity index (χ0) is 13.4. The van der Waals surface area contributed by atoms with Crippen LogP contribution in [0.5, 0.6) is 0 Å². The molecule has 19 heavy (non-hydrogen) atoms. The van der Waals surface area contributed by atoms with Gasteiger partial charge in [-0.2, -0.15) is 0 Å². The number of carbonyl (C=O) groups is 1. The van der Waals surface area contributed by atoms with Crippen LogP contribution in [-0.2, 0) is 14.3 Å². The predicted octanol–water partition coefficient (Wildman–Crippen LogP) is 0.942. The van der Waals surface area contributed by atoms with Gasteiger partial charge in [0.2, 0.25) is 5.91 Å². The van der Waals surface area contributed by atoms with Gasteiger partial charge in [-0.05, 0) is 33.6 Å².